The molecule has 2 fully saturated rings. The van der Waals surface area contributed by atoms with Gasteiger partial charge in [-0.1, -0.05) is 30.3 Å². The second-order valence-electron chi connectivity index (χ2n) is 14.4. The lowest BCUT2D eigenvalue weighted by Gasteiger charge is -2.32. The molecular formula is C35H44B2F2N2O6. The van der Waals surface area contributed by atoms with Gasteiger partial charge < -0.3 is 34.4 Å². The lowest BCUT2D eigenvalue weighted by atomic mass is 9.78. The van der Waals surface area contributed by atoms with Crippen LogP contribution in [0, 0.1) is 11.6 Å². The number of carboxylic acid groups (broad SMARTS) is 1. The summed E-state index contributed by atoms with van der Waals surface area (Å²) in [4.78, 5) is 11.8. The minimum atomic E-state index is -1.03. The maximum atomic E-state index is 15.1. The van der Waals surface area contributed by atoms with E-state index in [9.17, 15) is 9.90 Å². The molecule has 0 atom stereocenters. The molecule has 2 heterocycles. The molecule has 250 valence electrons. The fraction of sp³-hybridized carbons (Fsp3) is 0.457. The van der Waals surface area contributed by atoms with Crippen molar-refractivity contribution >= 4 is 31.1 Å². The van der Waals surface area contributed by atoms with E-state index >= 15 is 8.78 Å². The fourth-order valence-electron chi connectivity index (χ4n) is 5.48. The van der Waals surface area contributed by atoms with Crippen molar-refractivity contribution in [3.05, 3.63) is 94.0 Å². The summed E-state index contributed by atoms with van der Waals surface area (Å²) >= 11 is 0. The first-order valence-corrected chi connectivity index (χ1v) is 15.9. The molecule has 0 bridgehead atoms. The molecule has 0 spiro atoms. The Morgan fingerprint density at radius 1 is 0.596 bits per heavy atom. The van der Waals surface area contributed by atoms with Crippen LogP contribution in [0.5, 0.6) is 0 Å². The molecule has 0 radical (unpaired) electrons. The maximum Gasteiger partial charge on any atom is 0.497 e. The van der Waals surface area contributed by atoms with Crippen LogP contribution in [0.3, 0.4) is 0 Å². The predicted octanol–water partition coefficient (Wildman–Crippen LogP) is 4.84. The Hall–Kier alpha value is -3.12. The van der Waals surface area contributed by atoms with Gasteiger partial charge in [0.2, 0.25) is 0 Å². The van der Waals surface area contributed by atoms with Gasteiger partial charge in [-0.25, -0.2) is 13.6 Å². The van der Waals surface area contributed by atoms with Gasteiger partial charge in [0.15, 0.2) is 0 Å². The smallest absolute Gasteiger partial charge is 0.478 e. The molecule has 3 aromatic rings. The quantitative estimate of drug-likeness (QED) is 0.255. The molecule has 47 heavy (non-hydrogen) atoms. The van der Waals surface area contributed by atoms with Gasteiger partial charge in [0.1, 0.15) is 11.6 Å². The number of nitrogens with one attached hydrogen (secondary N) is 2. The lowest BCUT2D eigenvalue weighted by molar-refractivity contribution is 0.00578. The van der Waals surface area contributed by atoms with Crippen LogP contribution in [-0.4, -0.2) is 47.7 Å². The van der Waals surface area contributed by atoms with E-state index in [4.69, 9.17) is 18.6 Å². The van der Waals surface area contributed by atoms with Crippen molar-refractivity contribution in [2.24, 2.45) is 0 Å². The van der Waals surface area contributed by atoms with Gasteiger partial charge in [-0.3, -0.25) is 0 Å². The summed E-state index contributed by atoms with van der Waals surface area (Å²) in [5.74, 6) is -1.85. The SMILES string of the molecule is CC1(C)OB(c2ccc(CNCc3cc(CNCc4ccc(B5OC(C)(C)C(C)(C)O5)c(F)c4)cc(C(=O)O)c3)cc2F)OC1(C)C. The van der Waals surface area contributed by atoms with Crippen LogP contribution in [0.25, 0.3) is 0 Å². The van der Waals surface area contributed by atoms with Gasteiger partial charge in [0.25, 0.3) is 0 Å². The number of aromatic carboxylic acids is 1. The molecule has 2 aliphatic rings. The van der Waals surface area contributed by atoms with Gasteiger partial charge >= 0.3 is 20.2 Å². The number of hydrogen-bond donors (Lipinski definition) is 3. The van der Waals surface area contributed by atoms with E-state index in [-0.39, 0.29) is 5.56 Å². The Balaban J connectivity index is 1.17. The van der Waals surface area contributed by atoms with E-state index in [0.29, 0.717) is 37.1 Å². The van der Waals surface area contributed by atoms with E-state index in [2.05, 4.69) is 10.6 Å². The molecule has 3 N–H and O–H groups in total. The topological polar surface area (TPSA) is 98.3 Å². The minimum Gasteiger partial charge on any atom is -0.478 e. The highest BCUT2D eigenvalue weighted by Crippen LogP contribution is 2.37. The zero-order valence-electron chi connectivity index (χ0n) is 28.4. The maximum absolute atomic E-state index is 15.1. The summed E-state index contributed by atoms with van der Waals surface area (Å²) in [5, 5.41) is 16.2. The lowest BCUT2D eigenvalue weighted by Crippen LogP contribution is -2.41. The fourth-order valence-corrected chi connectivity index (χ4v) is 5.48. The average molecular weight is 648 g/mol. The molecule has 0 amide bonds. The molecule has 0 aromatic heterocycles. The third-order valence-corrected chi connectivity index (χ3v) is 9.76. The summed E-state index contributed by atoms with van der Waals surface area (Å²) in [7, 11) is -1.57. The highest BCUT2D eigenvalue weighted by atomic mass is 19.1. The molecule has 0 aliphatic carbocycles. The van der Waals surface area contributed by atoms with E-state index < -0.39 is 54.2 Å². The van der Waals surface area contributed by atoms with Gasteiger partial charge in [0.05, 0.1) is 28.0 Å². The van der Waals surface area contributed by atoms with E-state index in [1.54, 1.807) is 24.3 Å². The summed E-state index contributed by atoms with van der Waals surface area (Å²) in [6.45, 7) is 16.9. The van der Waals surface area contributed by atoms with Crippen molar-refractivity contribution < 1.29 is 37.3 Å². The summed E-state index contributed by atoms with van der Waals surface area (Å²) in [6.07, 6.45) is 0. The van der Waals surface area contributed by atoms with Gasteiger partial charge in [0, 0.05) is 37.1 Å². The third-order valence-electron chi connectivity index (χ3n) is 9.76. The zero-order chi connectivity index (χ0) is 34.4. The van der Waals surface area contributed by atoms with Crippen LogP contribution < -0.4 is 21.6 Å². The van der Waals surface area contributed by atoms with Crippen LogP contribution >= 0.6 is 0 Å². The van der Waals surface area contributed by atoms with Crippen LogP contribution in [0.4, 0.5) is 8.78 Å². The van der Waals surface area contributed by atoms with Crippen molar-refractivity contribution in [2.75, 3.05) is 0 Å². The largest absolute Gasteiger partial charge is 0.497 e. The summed E-state index contributed by atoms with van der Waals surface area (Å²) in [5.41, 5.74) is 1.60. The van der Waals surface area contributed by atoms with Crippen LogP contribution in [0.15, 0.2) is 54.6 Å². The molecule has 2 saturated heterocycles. The van der Waals surface area contributed by atoms with Crippen molar-refractivity contribution in [3.8, 4) is 0 Å². The highest BCUT2D eigenvalue weighted by Gasteiger charge is 2.53. The molecule has 3 aromatic carbocycles. The Morgan fingerprint density at radius 2 is 0.936 bits per heavy atom. The van der Waals surface area contributed by atoms with Gasteiger partial charge in [-0.05, 0) is 102 Å². The number of halogens is 2. The summed E-state index contributed by atoms with van der Waals surface area (Å²) < 4.78 is 54.1. The molecule has 5 rings (SSSR count). The average Bonchev–Trinajstić information content (AvgIpc) is 3.32. The van der Waals surface area contributed by atoms with Crippen LogP contribution in [0.1, 0.15) is 88.0 Å². The molecule has 8 nitrogen and oxygen atoms in total. The Bertz CT molecular complexity index is 1510. The first-order chi connectivity index (χ1) is 21.9. The number of carbonyl (C=O) groups is 1. The second kappa shape index (κ2) is 13.1. The number of carboxylic acids is 1. The van der Waals surface area contributed by atoms with E-state index in [0.717, 1.165) is 22.3 Å². The van der Waals surface area contributed by atoms with Crippen LogP contribution in [0.2, 0.25) is 0 Å². The summed E-state index contributed by atoms with van der Waals surface area (Å²) in [6, 6.07) is 15.1. The van der Waals surface area contributed by atoms with Crippen molar-refractivity contribution in [2.45, 2.75) is 104 Å². The third kappa shape index (κ3) is 7.63. The Morgan fingerprint density at radius 3 is 1.26 bits per heavy atom. The second-order valence-corrected chi connectivity index (χ2v) is 14.4. The van der Waals surface area contributed by atoms with Crippen molar-refractivity contribution in [1.82, 2.24) is 10.6 Å². The van der Waals surface area contributed by atoms with Crippen molar-refractivity contribution in [3.63, 3.8) is 0 Å². The normalized spacial score (nSPS) is 19.4. The molecule has 2 aliphatic heterocycles. The number of hydrogen-bond acceptors (Lipinski definition) is 7. The first-order valence-electron chi connectivity index (χ1n) is 15.9. The first kappa shape index (κ1) is 35.2. The van der Waals surface area contributed by atoms with Gasteiger partial charge in [-0.15, -0.1) is 0 Å². The highest BCUT2D eigenvalue weighted by molar-refractivity contribution is 6.62. The Kier molecular flexibility index (Phi) is 9.78. The standard InChI is InChI=1S/C35H44B2F2N2O6/c1-32(2)33(3,4)45-36(44-32)27-11-9-22(16-29(27)38)18-40-20-24-13-25(15-26(14-24)31(42)43)21-41-19-23-10-12-28(30(39)17-23)37-46-34(5,6)35(7,8)47-37/h9-17,40-41H,18-21H2,1-8H3,(H,42,43). The Labute approximate surface area is 276 Å². The number of rotatable bonds is 11. The molecular weight excluding hydrogens is 604 g/mol. The molecule has 0 unspecified atom stereocenters. The predicted molar refractivity (Wildman–Crippen MR) is 179 cm³/mol. The zero-order valence-corrected chi connectivity index (χ0v) is 28.4. The van der Waals surface area contributed by atoms with E-state index in [1.807, 2.05) is 73.6 Å². The number of benzene rings is 3. The minimum absolute atomic E-state index is 0.164. The van der Waals surface area contributed by atoms with Crippen LogP contribution in [-0.2, 0) is 44.8 Å². The van der Waals surface area contributed by atoms with Crippen molar-refractivity contribution in [1.29, 1.82) is 0 Å². The van der Waals surface area contributed by atoms with Gasteiger partial charge in [-0.2, -0.15) is 0 Å². The monoisotopic (exact) mass is 648 g/mol. The molecule has 12 heteroatoms. The van der Waals surface area contributed by atoms with E-state index in [1.165, 1.54) is 12.1 Å². The molecule has 0 saturated carbocycles.